The van der Waals surface area contributed by atoms with Gasteiger partial charge in [-0.05, 0) is 25.8 Å². The van der Waals surface area contributed by atoms with Gasteiger partial charge in [-0.25, -0.2) is 0 Å². The van der Waals surface area contributed by atoms with Crippen LogP contribution in [0, 0.1) is 5.41 Å². The Hall–Kier alpha value is -1.36. The first-order valence-corrected chi connectivity index (χ1v) is 9.15. The summed E-state index contributed by atoms with van der Waals surface area (Å²) >= 11 is 0. The number of amides is 1. The second-order valence-electron chi connectivity index (χ2n) is 7.96. The van der Waals surface area contributed by atoms with Crippen LogP contribution in [-0.4, -0.2) is 40.2 Å². The van der Waals surface area contributed by atoms with E-state index in [1.165, 1.54) is 43.4 Å². The van der Waals surface area contributed by atoms with Gasteiger partial charge in [-0.15, -0.1) is 0 Å². The predicted molar refractivity (Wildman–Crippen MR) is 89.0 cm³/mol. The van der Waals surface area contributed by atoms with Crippen LogP contribution in [0.5, 0.6) is 0 Å². The Morgan fingerprint density at radius 1 is 1.35 bits per heavy atom. The molecule has 23 heavy (non-hydrogen) atoms. The molecule has 1 saturated carbocycles. The number of likely N-dealkylation sites (tertiary alicyclic amines) is 1. The third-order valence-corrected chi connectivity index (χ3v) is 6.04. The lowest BCUT2D eigenvalue weighted by molar-refractivity contribution is -0.119. The first-order valence-electron chi connectivity index (χ1n) is 9.15. The minimum Gasteiger partial charge on any atom is -0.355 e. The zero-order valence-electron chi connectivity index (χ0n) is 14.2. The highest BCUT2D eigenvalue weighted by Gasteiger charge is 2.43. The van der Waals surface area contributed by atoms with Crippen LogP contribution >= 0.6 is 0 Å². The smallest absolute Gasteiger partial charge is 0.220 e. The van der Waals surface area contributed by atoms with Crippen molar-refractivity contribution in [2.24, 2.45) is 12.5 Å². The van der Waals surface area contributed by atoms with E-state index in [0.29, 0.717) is 12.3 Å². The molecule has 5 heteroatoms. The van der Waals surface area contributed by atoms with Gasteiger partial charge in [0.15, 0.2) is 0 Å². The molecule has 1 spiro atoms. The Kier molecular flexibility index (Phi) is 3.92. The molecule has 5 nitrogen and oxygen atoms in total. The van der Waals surface area contributed by atoms with Gasteiger partial charge in [-0.2, -0.15) is 5.10 Å². The van der Waals surface area contributed by atoms with Crippen LogP contribution < -0.4 is 5.32 Å². The molecule has 1 amide bonds. The van der Waals surface area contributed by atoms with Crippen LogP contribution in [0.25, 0.3) is 0 Å². The van der Waals surface area contributed by atoms with E-state index in [4.69, 9.17) is 5.10 Å². The molecule has 1 atom stereocenters. The summed E-state index contributed by atoms with van der Waals surface area (Å²) in [4.78, 5) is 14.1. The predicted octanol–water partition coefficient (Wildman–Crippen LogP) is 2.18. The highest BCUT2D eigenvalue weighted by Crippen LogP contribution is 2.38. The van der Waals surface area contributed by atoms with Gasteiger partial charge in [0.25, 0.3) is 0 Å². The molecule has 3 heterocycles. The fourth-order valence-corrected chi connectivity index (χ4v) is 4.84. The molecule has 126 valence electrons. The number of rotatable bonds is 3. The summed E-state index contributed by atoms with van der Waals surface area (Å²) in [5, 5.41) is 7.82. The number of nitrogens with zero attached hydrogens (tertiary/aromatic N) is 3. The molecule has 1 aromatic heterocycles. The van der Waals surface area contributed by atoms with Crippen LogP contribution in [0.15, 0.2) is 6.20 Å². The Bertz CT molecular complexity index is 590. The van der Waals surface area contributed by atoms with Crippen molar-refractivity contribution in [1.82, 2.24) is 20.0 Å². The van der Waals surface area contributed by atoms with Crippen LogP contribution in [0.4, 0.5) is 0 Å². The van der Waals surface area contributed by atoms with Gasteiger partial charge in [0.2, 0.25) is 5.91 Å². The van der Waals surface area contributed by atoms with Crippen LogP contribution in [0.3, 0.4) is 0 Å². The Morgan fingerprint density at radius 2 is 2.17 bits per heavy atom. The first kappa shape index (κ1) is 15.2. The fraction of sp³-hybridized carbons (Fsp3) is 0.778. The number of hydrogen-bond donors (Lipinski definition) is 1. The topological polar surface area (TPSA) is 50.2 Å². The van der Waals surface area contributed by atoms with Gasteiger partial charge >= 0.3 is 0 Å². The molecule has 3 fully saturated rings. The third-order valence-electron chi connectivity index (χ3n) is 6.04. The number of carbonyl (C=O) groups is 1. The number of hydrogen-bond acceptors (Lipinski definition) is 3. The van der Waals surface area contributed by atoms with Gasteiger partial charge in [0.05, 0.1) is 5.69 Å². The zero-order chi connectivity index (χ0) is 15.9. The lowest BCUT2D eigenvalue weighted by atomic mass is 9.85. The highest BCUT2D eigenvalue weighted by molar-refractivity contribution is 5.79. The average Bonchev–Trinajstić information content (AvgIpc) is 3.21. The van der Waals surface area contributed by atoms with Gasteiger partial charge in [0.1, 0.15) is 0 Å². The molecule has 1 aromatic rings. The first-order chi connectivity index (χ1) is 11.1. The molecule has 1 N–H and O–H groups in total. The maximum atomic E-state index is 11.6. The summed E-state index contributed by atoms with van der Waals surface area (Å²) in [7, 11) is 2.04. The normalized spacial score (nSPS) is 29.5. The van der Waals surface area contributed by atoms with Crippen LogP contribution in [0.2, 0.25) is 0 Å². The van der Waals surface area contributed by atoms with E-state index in [9.17, 15) is 4.79 Å². The summed E-state index contributed by atoms with van der Waals surface area (Å²) in [6, 6.07) is 0. The Labute approximate surface area is 138 Å². The monoisotopic (exact) mass is 316 g/mol. The molecular weight excluding hydrogens is 288 g/mol. The molecule has 0 aromatic carbocycles. The highest BCUT2D eigenvalue weighted by atomic mass is 16.1. The second kappa shape index (κ2) is 5.93. The van der Waals surface area contributed by atoms with E-state index >= 15 is 0 Å². The van der Waals surface area contributed by atoms with Gasteiger partial charge in [-0.1, -0.05) is 19.3 Å². The zero-order valence-corrected chi connectivity index (χ0v) is 14.2. The van der Waals surface area contributed by atoms with E-state index < -0.39 is 0 Å². The summed E-state index contributed by atoms with van der Waals surface area (Å²) < 4.78 is 1.99. The van der Waals surface area contributed by atoms with Crippen molar-refractivity contribution >= 4 is 5.91 Å². The molecule has 0 bridgehead atoms. The molecule has 4 rings (SSSR count). The Balaban J connectivity index is 1.46. The van der Waals surface area contributed by atoms with Crippen molar-refractivity contribution in [2.45, 2.75) is 57.4 Å². The van der Waals surface area contributed by atoms with Crippen molar-refractivity contribution in [3.8, 4) is 0 Å². The SMILES string of the molecule is Cn1cc(CN2CCC3(CNC(=O)C3)C2)c(C2CCCCC2)n1. The van der Waals surface area contributed by atoms with Gasteiger partial charge in [0, 0.05) is 56.2 Å². The van der Waals surface area contributed by atoms with E-state index in [1.54, 1.807) is 0 Å². The van der Waals surface area contributed by atoms with E-state index in [0.717, 1.165) is 32.6 Å². The molecule has 2 aliphatic heterocycles. The maximum absolute atomic E-state index is 11.6. The molecule has 2 saturated heterocycles. The minimum absolute atomic E-state index is 0.199. The lowest BCUT2D eigenvalue weighted by Crippen LogP contribution is -2.29. The fourth-order valence-electron chi connectivity index (χ4n) is 4.84. The van der Waals surface area contributed by atoms with E-state index in [1.807, 2.05) is 11.7 Å². The number of aryl methyl sites for hydroxylation is 1. The number of aromatic nitrogens is 2. The second-order valence-corrected chi connectivity index (χ2v) is 7.96. The summed E-state index contributed by atoms with van der Waals surface area (Å²) in [6.45, 7) is 4.01. The van der Waals surface area contributed by atoms with Gasteiger partial charge < -0.3 is 5.32 Å². The van der Waals surface area contributed by atoms with Crippen molar-refractivity contribution in [3.63, 3.8) is 0 Å². The van der Waals surface area contributed by atoms with Crippen molar-refractivity contribution < 1.29 is 4.79 Å². The third kappa shape index (κ3) is 3.03. The van der Waals surface area contributed by atoms with Crippen LogP contribution in [0.1, 0.15) is 62.1 Å². The largest absolute Gasteiger partial charge is 0.355 e. The standard InChI is InChI=1S/C18H28N4O/c1-21-10-15(17(20-21)14-5-3-2-4-6-14)11-22-8-7-18(13-22)9-16(23)19-12-18/h10,14H,2-9,11-13H2,1H3,(H,19,23). The van der Waals surface area contributed by atoms with Crippen molar-refractivity contribution in [3.05, 3.63) is 17.5 Å². The van der Waals surface area contributed by atoms with Crippen LogP contribution in [-0.2, 0) is 18.4 Å². The maximum Gasteiger partial charge on any atom is 0.220 e. The molecule has 1 aliphatic carbocycles. The van der Waals surface area contributed by atoms with Crippen molar-refractivity contribution in [2.75, 3.05) is 19.6 Å². The minimum atomic E-state index is 0.199. The summed E-state index contributed by atoms with van der Waals surface area (Å²) in [5.74, 6) is 0.891. The van der Waals surface area contributed by atoms with E-state index in [-0.39, 0.29) is 11.3 Å². The number of carbonyl (C=O) groups excluding carboxylic acids is 1. The molecular formula is C18H28N4O. The Morgan fingerprint density at radius 3 is 2.91 bits per heavy atom. The van der Waals surface area contributed by atoms with Gasteiger partial charge in [-0.3, -0.25) is 14.4 Å². The summed E-state index contributed by atoms with van der Waals surface area (Å²) in [5.41, 5.74) is 2.95. The average molecular weight is 316 g/mol. The lowest BCUT2D eigenvalue weighted by Gasteiger charge is -2.24. The number of nitrogens with one attached hydrogen (secondary N) is 1. The molecule has 0 radical (unpaired) electrons. The van der Waals surface area contributed by atoms with E-state index in [2.05, 4.69) is 16.4 Å². The quantitative estimate of drug-likeness (QED) is 0.930. The molecule has 1 unspecified atom stereocenters. The summed E-state index contributed by atoms with van der Waals surface area (Å²) in [6.07, 6.45) is 10.7. The molecule has 3 aliphatic rings. The van der Waals surface area contributed by atoms with Crippen molar-refractivity contribution in [1.29, 1.82) is 0 Å².